The summed E-state index contributed by atoms with van der Waals surface area (Å²) in [7, 11) is 1.91. The standard InChI is InChI=1S/C14H22N2O2/c1-10(2)16-14(17)9-18-13-7-5-6-12(8-13)11(3)15-4/h5-8,10-11,15H,9H2,1-4H3,(H,16,17). The maximum atomic E-state index is 11.5. The molecule has 0 aliphatic carbocycles. The molecule has 1 unspecified atom stereocenters. The van der Waals surface area contributed by atoms with E-state index in [1.165, 1.54) is 0 Å². The van der Waals surface area contributed by atoms with E-state index in [0.717, 1.165) is 5.56 Å². The highest BCUT2D eigenvalue weighted by atomic mass is 16.5. The van der Waals surface area contributed by atoms with Crippen LogP contribution in [0.15, 0.2) is 24.3 Å². The predicted molar refractivity (Wildman–Crippen MR) is 72.7 cm³/mol. The zero-order chi connectivity index (χ0) is 13.5. The van der Waals surface area contributed by atoms with Crippen LogP contribution in [0.3, 0.4) is 0 Å². The van der Waals surface area contributed by atoms with Crippen LogP contribution in [-0.4, -0.2) is 25.6 Å². The number of amides is 1. The van der Waals surface area contributed by atoms with Gasteiger partial charge in [-0.05, 0) is 45.5 Å². The summed E-state index contributed by atoms with van der Waals surface area (Å²) in [6.45, 7) is 5.97. The van der Waals surface area contributed by atoms with Crippen molar-refractivity contribution in [1.82, 2.24) is 10.6 Å². The van der Waals surface area contributed by atoms with Crippen LogP contribution in [-0.2, 0) is 4.79 Å². The number of ether oxygens (including phenoxy) is 1. The van der Waals surface area contributed by atoms with Crippen LogP contribution < -0.4 is 15.4 Å². The molecule has 1 rings (SSSR count). The molecule has 1 amide bonds. The SMILES string of the molecule is CNC(C)c1cccc(OCC(=O)NC(C)C)c1. The van der Waals surface area contributed by atoms with Gasteiger partial charge in [0, 0.05) is 12.1 Å². The Morgan fingerprint density at radius 3 is 2.67 bits per heavy atom. The molecule has 0 fully saturated rings. The lowest BCUT2D eigenvalue weighted by Crippen LogP contribution is -2.34. The molecule has 0 aliphatic heterocycles. The van der Waals surface area contributed by atoms with Crippen LogP contribution >= 0.6 is 0 Å². The van der Waals surface area contributed by atoms with Gasteiger partial charge < -0.3 is 15.4 Å². The lowest BCUT2D eigenvalue weighted by Gasteiger charge is -2.13. The van der Waals surface area contributed by atoms with Crippen molar-refractivity contribution in [3.8, 4) is 5.75 Å². The third-order valence-electron chi connectivity index (χ3n) is 2.61. The number of hydrogen-bond donors (Lipinski definition) is 2. The maximum Gasteiger partial charge on any atom is 0.258 e. The number of carbonyl (C=O) groups excluding carboxylic acids is 1. The number of benzene rings is 1. The molecule has 0 aliphatic rings. The summed E-state index contributed by atoms with van der Waals surface area (Å²) in [5.41, 5.74) is 1.14. The fraction of sp³-hybridized carbons (Fsp3) is 0.500. The van der Waals surface area contributed by atoms with E-state index in [9.17, 15) is 4.79 Å². The quantitative estimate of drug-likeness (QED) is 0.810. The topological polar surface area (TPSA) is 50.4 Å². The first-order valence-corrected chi connectivity index (χ1v) is 6.22. The van der Waals surface area contributed by atoms with Gasteiger partial charge in [-0.2, -0.15) is 0 Å². The molecule has 0 saturated heterocycles. The second-order valence-electron chi connectivity index (χ2n) is 4.59. The van der Waals surface area contributed by atoms with Crippen molar-refractivity contribution < 1.29 is 9.53 Å². The molecule has 0 heterocycles. The minimum absolute atomic E-state index is 0.0512. The molecule has 0 aromatic heterocycles. The zero-order valence-electron chi connectivity index (χ0n) is 11.5. The van der Waals surface area contributed by atoms with Gasteiger partial charge in [0.15, 0.2) is 6.61 Å². The Morgan fingerprint density at radius 1 is 1.33 bits per heavy atom. The van der Waals surface area contributed by atoms with Crippen LogP contribution in [0.5, 0.6) is 5.75 Å². The van der Waals surface area contributed by atoms with Crippen molar-refractivity contribution >= 4 is 5.91 Å². The van der Waals surface area contributed by atoms with Gasteiger partial charge in [0.05, 0.1) is 0 Å². The van der Waals surface area contributed by atoms with Crippen molar-refractivity contribution in [3.63, 3.8) is 0 Å². The molecule has 1 aromatic rings. The van der Waals surface area contributed by atoms with Crippen LogP contribution in [0.1, 0.15) is 32.4 Å². The molecule has 100 valence electrons. The van der Waals surface area contributed by atoms with Gasteiger partial charge in [0.1, 0.15) is 5.75 Å². The van der Waals surface area contributed by atoms with E-state index in [4.69, 9.17) is 4.74 Å². The summed E-state index contributed by atoms with van der Waals surface area (Å²) in [6.07, 6.45) is 0. The van der Waals surface area contributed by atoms with Crippen molar-refractivity contribution in [2.75, 3.05) is 13.7 Å². The van der Waals surface area contributed by atoms with Gasteiger partial charge in [-0.3, -0.25) is 4.79 Å². The first-order valence-electron chi connectivity index (χ1n) is 6.22. The molecule has 4 nitrogen and oxygen atoms in total. The Bertz CT molecular complexity index is 391. The summed E-state index contributed by atoms with van der Waals surface area (Å²) in [5.74, 6) is 0.616. The predicted octanol–water partition coefficient (Wildman–Crippen LogP) is 1.87. The Hall–Kier alpha value is -1.55. The number of nitrogens with one attached hydrogen (secondary N) is 2. The molecule has 0 radical (unpaired) electrons. The normalized spacial score (nSPS) is 12.3. The van der Waals surface area contributed by atoms with E-state index in [-0.39, 0.29) is 24.6 Å². The fourth-order valence-corrected chi connectivity index (χ4v) is 1.55. The lowest BCUT2D eigenvalue weighted by molar-refractivity contribution is -0.123. The molecule has 4 heteroatoms. The summed E-state index contributed by atoms with van der Waals surface area (Å²) in [5, 5.41) is 5.95. The van der Waals surface area contributed by atoms with Gasteiger partial charge in [-0.15, -0.1) is 0 Å². The Balaban J connectivity index is 2.55. The zero-order valence-corrected chi connectivity index (χ0v) is 11.5. The molecule has 0 spiro atoms. The van der Waals surface area contributed by atoms with E-state index in [0.29, 0.717) is 5.75 Å². The lowest BCUT2D eigenvalue weighted by atomic mass is 10.1. The van der Waals surface area contributed by atoms with E-state index >= 15 is 0 Å². The van der Waals surface area contributed by atoms with E-state index < -0.39 is 0 Å². The molecule has 0 bridgehead atoms. The first-order chi connectivity index (χ1) is 8.52. The highest BCUT2D eigenvalue weighted by Crippen LogP contribution is 2.18. The van der Waals surface area contributed by atoms with E-state index in [1.54, 1.807) is 0 Å². The maximum absolute atomic E-state index is 11.5. The summed E-state index contributed by atoms with van der Waals surface area (Å²) in [6, 6.07) is 8.16. The van der Waals surface area contributed by atoms with Gasteiger partial charge >= 0.3 is 0 Å². The summed E-state index contributed by atoms with van der Waals surface area (Å²) >= 11 is 0. The summed E-state index contributed by atoms with van der Waals surface area (Å²) in [4.78, 5) is 11.5. The highest BCUT2D eigenvalue weighted by Gasteiger charge is 2.06. The van der Waals surface area contributed by atoms with Crippen molar-refractivity contribution in [2.24, 2.45) is 0 Å². The first kappa shape index (κ1) is 14.5. The largest absolute Gasteiger partial charge is 0.484 e. The molecule has 0 saturated carbocycles. The third kappa shape index (κ3) is 4.75. The van der Waals surface area contributed by atoms with Gasteiger partial charge in [0.2, 0.25) is 0 Å². The van der Waals surface area contributed by atoms with Gasteiger partial charge in [-0.25, -0.2) is 0 Å². The average molecular weight is 250 g/mol. The van der Waals surface area contributed by atoms with Crippen molar-refractivity contribution in [1.29, 1.82) is 0 Å². The molecule has 1 atom stereocenters. The van der Waals surface area contributed by atoms with Crippen LogP contribution in [0.2, 0.25) is 0 Å². The van der Waals surface area contributed by atoms with Crippen molar-refractivity contribution in [3.05, 3.63) is 29.8 Å². The molecule has 18 heavy (non-hydrogen) atoms. The van der Waals surface area contributed by atoms with Gasteiger partial charge in [-0.1, -0.05) is 12.1 Å². The fourth-order valence-electron chi connectivity index (χ4n) is 1.55. The van der Waals surface area contributed by atoms with E-state index in [1.807, 2.05) is 45.2 Å². The Labute approximate surface area is 109 Å². The minimum atomic E-state index is -0.0999. The second kappa shape index (κ2) is 7.01. The van der Waals surface area contributed by atoms with Gasteiger partial charge in [0.25, 0.3) is 5.91 Å². The Kier molecular flexibility index (Phi) is 5.65. The van der Waals surface area contributed by atoms with E-state index in [2.05, 4.69) is 17.6 Å². The van der Waals surface area contributed by atoms with Crippen LogP contribution in [0, 0.1) is 0 Å². The van der Waals surface area contributed by atoms with Crippen molar-refractivity contribution in [2.45, 2.75) is 32.9 Å². The number of hydrogen-bond acceptors (Lipinski definition) is 3. The van der Waals surface area contributed by atoms with Crippen LogP contribution in [0.25, 0.3) is 0 Å². The monoisotopic (exact) mass is 250 g/mol. The number of rotatable bonds is 6. The molecular weight excluding hydrogens is 228 g/mol. The van der Waals surface area contributed by atoms with Crippen LogP contribution in [0.4, 0.5) is 0 Å². The number of carbonyl (C=O) groups is 1. The minimum Gasteiger partial charge on any atom is -0.484 e. The smallest absolute Gasteiger partial charge is 0.258 e. The molecule has 1 aromatic carbocycles. The highest BCUT2D eigenvalue weighted by molar-refractivity contribution is 5.77. The molecular formula is C14H22N2O2. The average Bonchev–Trinajstić information content (AvgIpc) is 2.35. The molecule has 2 N–H and O–H groups in total. The summed E-state index contributed by atoms with van der Waals surface area (Å²) < 4.78 is 5.46. The second-order valence-corrected chi connectivity index (χ2v) is 4.59. The third-order valence-corrected chi connectivity index (χ3v) is 2.61. The Morgan fingerprint density at radius 2 is 2.06 bits per heavy atom.